The Balaban J connectivity index is 1.71. The molecule has 4 atom stereocenters. The lowest BCUT2D eigenvalue weighted by Gasteiger charge is -2.40. The average Bonchev–Trinajstić information content (AvgIpc) is 3.03. The van der Waals surface area contributed by atoms with E-state index >= 15 is 0 Å². The second kappa shape index (κ2) is 3.56. The second-order valence-corrected chi connectivity index (χ2v) is 6.34. The van der Waals surface area contributed by atoms with E-state index in [4.69, 9.17) is 4.74 Å². The normalized spacial score (nSPS) is 47.4. The van der Waals surface area contributed by atoms with Crippen LogP contribution in [0.1, 0.15) is 44.9 Å². The van der Waals surface area contributed by atoms with Gasteiger partial charge < -0.3 is 4.74 Å². The minimum atomic E-state index is -0.300. The van der Waals surface area contributed by atoms with Crippen LogP contribution in [0.5, 0.6) is 0 Å². The summed E-state index contributed by atoms with van der Waals surface area (Å²) < 4.78 is 6.23. The summed E-state index contributed by atoms with van der Waals surface area (Å²) in [5, 5.41) is 2.53. The minimum absolute atomic E-state index is 0.00313. The number of rotatable bonds is 1. The van der Waals surface area contributed by atoms with Crippen LogP contribution >= 0.6 is 0 Å². The molecular formula is C14H19NO3. The van der Waals surface area contributed by atoms with Gasteiger partial charge in [0.1, 0.15) is 0 Å². The largest absolute Gasteiger partial charge is 0.370 e. The Labute approximate surface area is 106 Å². The van der Waals surface area contributed by atoms with E-state index in [0.717, 1.165) is 25.7 Å². The van der Waals surface area contributed by atoms with Gasteiger partial charge >= 0.3 is 0 Å². The molecular weight excluding hydrogens is 230 g/mol. The molecule has 0 aromatic rings. The Kier molecular flexibility index (Phi) is 2.17. The van der Waals surface area contributed by atoms with Crippen molar-refractivity contribution in [2.75, 3.05) is 0 Å². The van der Waals surface area contributed by atoms with Crippen molar-refractivity contribution < 1.29 is 14.3 Å². The number of hydrogen-bond donors (Lipinski definition) is 1. The smallest absolute Gasteiger partial charge is 0.233 e. The van der Waals surface area contributed by atoms with Crippen LogP contribution in [0.25, 0.3) is 0 Å². The van der Waals surface area contributed by atoms with E-state index in [9.17, 15) is 9.59 Å². The van der Waals surface area contributed by atoms with Crippen LogP contribution in [0.4, 0.5) is 0 Å². The molecule has 1 N–H and O–H groups in total. The lowest BCUT2D eigenvalue weighted by Crippen LogP contribution is -2.47. The molecule has 0 aromatic carbocycles. The monoisotopic (exact) mass is 249 g/mol. The molecule has 1 aliphatic carbocycles. The maximum atomic E-state index is 12.1. The number of ether oxygens (including phenoxy) is 1. The maximum Gasteiger partial charge on any atom is 0.233 e. The molecule has 0 aromatic heterocycles. The van der Waals surface area contributed by atoms with Crippen molar-refractivity contribution in [3.05, 3.63) is 0 Å². The van der Waals surface area contributed by atoms with Gasteiger partial charge in [-0.05, 0) is 31.6 Å². The summed E-state index contributed by atoms with van der Waals surface area (Å²) in [7, 11) is 0. The summed E-state index contributed by atoms with van der Waals surface area (Å²) in [6, 6.07) is 0. The summed E-state index contributed by atoms with van der Waals surface area (Å²) in [5.41, 5.74) is -0.300. The van der Waals surface area contributed by atoms with Crippen LogP contribution in [0, 0.1) is 17.8 Å². The summed E-state index contributed by atoms with van der Waals surface area (Å²) in [4.78, 5) is 24.0. The molecule has 4 aliphatic rings. The predicted molar refractivity (Wildman–Crippen MR) is 63.5 cm³/mol. The predicted octanol–water partition coefficient (Wildman–Crippen LogP) is 1.39. The molecule has 2 amide bonds. The van der Waals surface area contributed by atoms with Gasteiger partial charge in [-0.2, -0.15) is 0 Å². The van der Waals surface area contributed by atoms with Gasteiger partial charge in [-0.3, -0.25) is 14.9 Å². The van der Waals surface area contributed by atoms with Crippen molar-refractivity contribution in [1.29, 1.82) is 0 Å². The maximum absolute atomic E-state index is 12.1. The molecule has 4 unspecified atom stereocenters. The van der Waals surface area contributed by atoms with E-state index in [1.165, 1.54) is 19.3 Å². The van der Waals surface area contributed by atoms with Gasteiger partial charge in [0.05, 0.1) is 23.5 Å². The third-order valence-corrected chi connectivity index (χ3v) is 5.60. The summed E-state index contributed by atoms with van der Waals surface area (Å²) in [5.74, 6) is -0.0481. The van der Waals surface area contributed by atoms with E-state index in [2.05, 4.69) is 5.32 Å². The highest BCUT2D eigenvalue weighted by molar-refractivity contribution is 6.06. The third kappa shape index (κ3) is 1.20. The van der Waals surface area contributed by atoms with E-state index in [1.54, 1.807) is 0 Å². The van der Waals surface area contributed by atoms with Crippen molar-refractivity contribution in [3.63, 3.8) is 0 Å². The standard InChI is InChI=1S/C14H19NO3/c16-12-10-9-6-7-14(18-9,11(10)13(17)15-12)8-4-2-1-3-5-8/h8-11H,1-7H2,(H,15,16,17). The molecule has 3 saturated heterocycles. The Morgan fingerprint density at radius 2 is 1.83 bits per heavy atom. The Morgan fingerprint density at radius 1 is 1.06 bits per heavy atom. The zero-order valence-corrected chi connectivity index (χ0v) is 10.5. The number of imide groups is 1. The number of nitrogens with one attached hydrogen (secondary N) is 1. The number of carbonyl (C=O) groups is 2. The fourth-order valence-corrected chi connectivity index (χ4v) is 4.90. The number of amides is 2. The van der Waals surface area contributed by atoms with Crippen molar-refractivity contribution >= 4 is 11.8 Å². The van der Waals surface area contributed by atoms with Crippen LogP contribution in [-0.2, 0) is 14.3 Å². The highest BCUT2D eigenvalue weighted by Crippen LogP contribution is 2.58. The van der Waals surface area contributed by atoms with Crippen LogP contribution in [0.2, 0.25) is 0 Å². The van der Waals surface area contributed by atoms with Crippen molar-refractivity contribution in [2.24, 2.45) is 17.8 Å². The molecule has 3 aliphatic heterocycles. The van der Waals surface area contributed by atoms with Crippen LogP contribution in [0.15, 0.2) is 0 Å². The van der Waals surface area contributed by atoms with E-state index in [0.29, 0.717) is 5.92 Å². The first-order valence-corrected chi connectivity index (χ1v) is 7.25. The summed E-state index contributed by atoms with van der Waals surface area (Å²) >= 11 is 0. The van der Waals surface area contributed by atoms with Gasteiger partial charge in [0, 0.05) is 0 Å². The minimum Gasteiger partial charge on any atom is -0.370 e. The number of hydrogen-bond acceptors (Lipinski definition) is 3. The molecule has 18 heavy (non-hydrogen) atoms. The van der Waals surface area contributed by atoms with Crippen molar-refractivity contribution in [3.8, 4) is 0 Å². The summed E-state index contributed by atoms with van der Waals surface area (Å²) in [6.45, 7) is 0. The fraction of sp³-hybridized carbons (Fsp3) is 0.857. The quantitative estimate of drug-likeness (QED) is 0.714. The second-order valence-electron chi connectivity index (χ2n) is 6.34. The lowest BCUT2D eigenvalue weighted by molar-refractivity contribution is -0.135. The number of fused-ring (bicyclic) bond motifs is 5. The lowest BCUT2D eigenvalue weighted by atomic mass is 9.64. The molecule has 98 valence electrons. The van der Waals surface area contributed by atoms with Gasteiger partial charge in [-0.15, -0.1) is 0 Å². The average molecular weight is 249 g/mol. The van der Waals surface area contributed by atoms with Gasteiger partial charge in [0.2, 0.25) is 11.8 Å². The highest BCUT2D eigenvalue weighted by atomic mass is 16.5. The fourth-order valence-electron chi connectivity index (χ4n) is 4.90. The van der Waals surface area contributed by atoms with Crippen molar-refractivity contribution in [2.45, 2.75) is 56.7 Å². The van der Waals surface area contributed by atoms with Gasteiger partial charge in [-0.1, -0.05) is 19.3 Å². The van der Waals surface area contributed by atoms with E-state index in [-0.39, 0.29) is 35.4 Å². The molecule has 4 rings (SSSR count). The van der Waals surface area contributed by atoms with Crippen molar-refractivity contribution in [1.82, 2.24) is 5.32 Å². The SMILES string of the molecule is O=C1NC(=O)C2C1C1CCC2(C2CCCCC2)O1. The molecule has 0 radical (unpaired) electrons. The zero-order chi connectivity index (χ0) is 12.3. The Morgan fingerprint density at radius 3 is 2.61 bits per heavy atom. The highest BCUT2D eigenvalue weighted by Gasteiger charge is 2.69. The first kappa shape index (κ1) is 11.0. The molecule has 3 heterocycles. The topological polar surface area (TPSA) is 55.4 Å². The molecule has 4 nitrogen and oxygen atoms in total. The first-order valence-electron chi connectivity index (χ1n) is 7.25. The Hall–Kier alpha value is -0.900. The Bertz CT molecular complexity index is 415. The molecule has 1 saturated carbocycles. The van der Waals surface area contributed by atoms with Crippen LogP contribution in [0.3, 0.4) is 0 Å². The zero-order valence-electron chi connectivity index (χ0n) is 10.5. The van der Waals surface area contributed by atoms with E-state index < -0.39 is 0 Å². The van der Waals surface area contributed by atoms with Gasteiger partial charge in [-0.25, -0.2) is 0 Å². The van der Waals surface area contributed by atoms with Gasteiger partial charge in [0.15, 0.2) is 0 Å². The summed E-state index contributed by atoms with van der Waals surface area (Å²) in [6.07, 6.45) is 8.05. The molecule has 4 fully saturated rings. The third-order valence-electron chi connectivity index (χ3n) is 5.60. The van der Waals surface area contributed by atoms with Crippen LogP contribution < -0.4 is 5.32 Å². The first-order chi connectivity index (χ1) is 8.72. The van der Waals surface area contributed by atoms with Gasteiger partial charge in [0.25, 0.3) is 0 Å². The molecule has 4 heteroatoms. The molecule has 0 spiro atoms. The van der Waals surface area contributed by atoms with Crippen LogP contribution in [-0.4, -0.2) is 23.5 Å². The molecule has 2 bridgehead atoms. The van der Waals surface area contributed by atoms with E-state index in [1.807, 2.05) is 0 Å². The number of carbonyl (C=O) groups excluding carboxylic acids is 2.